The first-order chi connectivity index (χ1) is 11.7. The fraction of sp³-hybridized carbons (Fsp3) is 0.118. The maximum atomic E-state index is 4.71. The van der Waals surface area contributed by atoms with E-state index in [1.165, 1.54) is 0 Å². The Kier molecular flexibility index (Phi) is 3.62. The van der Waals surface area contributed by atoms with Crippen LogP contribution in [0.5, 0.6) is 0 Å². The number of anilines is 4. The summed E-state index contributed by atoms with van der Waals surface area (Å²) in [5, 5.41) is 12.5. The quantitative estimate of drug-likeness (QED) is 0.583. The summed E-state index contributed by atoms with van der Waals surface area (Å²) in [4.78, 5) is 11.4. The van der Waals surface area contributed by atoms with Gasteiger partial charge in [0.1, 0.15) is 0 Å². The molecule has 0 aliphatic rings. The van der Waals surface area contributed by atoms with Crippen molar-refractivity contribution in [2.24, 2.45) is 0 Å². The van der Waals surface area contributed by atoms with Crippen molar-refractivity contribution in [1.82, 2.24) is 20.2 Å². The molecule has 0 spiro atoms. The number of hydrogen-bond donors (Lipinski definition) is 2. The average molecular weight is 336 g/mol. The molecule has 24 heavy (non-hydrogen) atoms. The van der Waals surface area contributed by atoms with E-state index in [-0.39, 0.29) is 0 Å². The van der Waals surface area contributed by atoms with Gasteiger partial charge in [0.15, 0.2) is 11.6 Å². The highest BCUT2D eigenvalue weighted by molar-refractivity contribution is 7.17. The summed E-state index contributed by atoms with van der Waals surface area (Å²) in [6.07, 6.45) is 0. The lowest BCUT2D eigenvalue weighted by Gasteiger charge is -2.18. The van der Waals surface area contributed by atoms with Crippen LogP contribution in [-0.4, -0.2) is 27.2 Å². The fourth-order valence-corrected chi connectivity index (χ4v) is 3.23. The molecule has 0 fully saturated rings. The van der Waals surface area contributed by atoms with E-state index in [0.29, 0.717) is 5.95 Å². The van der Waals surface area contributed by atoms with Gasteiger partial charge in [0.05, 0.1) is 10.2 Å². The first-order valence-corrected chi connectivity index (χ1v) is 8.42. The number of aryl methyl sites for hydroxylation is 1. The van der Waals surface area contributed by atoms with Gasteiger partial charge < -0.3 is 10.2 Å². The molecule has 3 heterocycles. The molecule has 0 unspecified atom stereocenters. The minimum atomic E-state index is 0.641. The summed E-state index contributed by atoms with van der Waals surface area (Å²) in [7, 11) is 1.96. The third kappa shape index (κ3) is 2.69. The van der Waals surface area contributed by atoms with Crippen LogP contribution in [0, 0.1) is 6.92 Å². The van der Waals surface area contributed by atoms with Crippen LogP contribution in [0.3, 0.4) is 0 Å². The number of aromatic amines is 1. The highest BCUT2D eigenvalue weighted by Crippen LogP contribution is 2.31. The first kappa shape index (κ1) is 14.6. The molecule has 2 N–H and O–H groups in total. The lowest BCUT2D eigenvalue weighted by atomic mass is 10.3. The molecule has 4 rings (SSSR count). The number of H-pyrrole nitrogens is 1. The Morgan fingerprint density at radius 3 is 2.71 bits per heavy atom. The van der Waals surface area contributed by atoms with Gasteiger partial charge in [-0.2, -0.15) is 10.1 Å². The van der Waals surface area contributed by atoms with Gasteiger partial charge in [0.2, 0.25) is 5.95 Å². The number of rotatable bonds is 4. The van der Waals surface area contributed by atoms with Crippen molar-refractivity contribution in [3.63, 3.8) is 0 Å². The number of para-hydroxylation sites is 1. The van der Waals surface area contributed by atoms with Crippen molar-refractivity contribution >= 4 is 44.8 Å². The monoisotopic (exact) mass is 336 g/mol. The summed E-state index contributed by atoms with van der Waals surface area (Å²) in [5.74, 6) is 2.15. The zero-order valence-electron chi connectivity index (χ0n) is 13.3. The molecule has 0 aliphatic heterocycles. The van der Waals surface area contributed by atoms with Crippen molar-refractivity contribution < 1.29 is 0 Å². The Labute approximate surface area is 143 Å². The van der Waals surface area contributed by atoms with Crippen LogP contribution in [0.25, 0.3) is 10.2 Å². The molecule has 1 aromatic carbocycles. The van der Waals surface area contributed by atoms with Gasteiger partial charge in [-0.3, -0.25) is 5.10 Å². The summed E-state index contributed by atoms with van der Waals surface area (Å²) in [6.45, 7) is 1.97. The van der Waals surface area contributed by atoms with E-state index in [0.717, 1.165) is 33.2 Å². The van der Waals surface area contributed by atoms with E-state index in [4.69, 9.17) is 4.98 Å². The average Bonchev–Trinajstić information content (AvgIpc) is 3.24. The van der Waals surface area contributed by atoms with E-state index < -0.39 is 0 Å². The molecule has 0 saturated heterocycles. The number of nitrogens with zero attached hydrogens (tertiary/aromatic N) is 4. The van der Waals surface area contributed by atoms with E-state index in [2.05, 4.69) is 20.5 Å². The Morgan fingerprint density at radius 1 is 1.12 bits per heavy atom. The van der Waals surface area contributed by atoms with Crippen molar-refractivity contribution in [3.8, 4) is 0 Å². The highest BCUT2D eigenvalue weighted by Gasteiger charge is 2.14. The van der Waals surface area contributed by atoms with Gasteiger partial charge in [-0.05, 0) is 30.5 Å². The molecule has 0 aliphatic carbocycles. The number of benzene rings is 1. The standard InChI is InChI=1S/C17H16N6S/c1-11-10-14(22-21-11)19-16-15-13(8-9-24-15)18-17(20-16)23(2)12-6-4-3-5-7-12/h3-10H,1-2H3,(H2,18,19,20,21,22). The number of hydrogen-bond acceptors (Lipinski definition) is 6. The fourth-order valence-electron chi connectivity index (χ4n) is 2.46. The normalized spacial score (nSPS) is 10.9. The second-order valence-corrected chi connectivity index (χ2v) is 6.38. The molecule has 3 aromatic heterocycles. The van der Waals surface area contributed by atoms with Crippen molar-refractivity contribution in [2.75, 3.05) is 17.3 Å². The number of aromatic nitrogens is 4. The molecule has 6 nitrogen and oxygen atoms in total. The van der Waals surface area contributed by atoms with Crippen LogP contribution in [-0.2, 0) is 0 Å². The lowest BCUT2D eigenvalue weighted by molar-refractivity contribution is 1.04. The van der Waals surface area contributed by atoms with Crippen molar-refractivity contribution in [1.29, 1.82) is 0 Å². The number of thiophene rings is 1. The smallest absolute Gasteiger partial charge is 0.232 e. The van der Waals surface area contributed by atoms with Crippen LogP contribution in [0.1, 0.15) is 5.69 Å². The maximum Gasteiger partial charge on any atom is 0.232 e. The minimum absolute atomic E-state index is 0.641. The molecular formula is C17H16N6S. The predicted molar refractivity (Wildman–Crippen MR) is 98.5 cm³/mol. The first-order valence-electron chi connectivity index (χ1n) is 7.54. The third-order valence-electron chi connectivity index (χ3n) is 3.69. The van der Waals surface area contributed by atoms with E-state index in [1.54, 1.807) is 11.3 Å². The predicted octanol–water partition coefficient (Wildman–Crippen LogP) is 4.23. The van der Waals surface area contributed by atoms with Gasteiger partial charge in [-0.15, -0.1) is 11.3 Å². The molecule has 0 bridgehead atoms. The summed E-state index contributed by atoms with van der Waals surface area (Å²) in [6, 6.07) is 14.0. The molecule has 0 atom stereocenters. The SMILES string of the molecule is Cc1cc(Nc2nc(N(C)c3ccccc3)nc3ccsc23)n[nH]1. The molecule has 0 amide bonds. The lowest BCUT2D eigenvalue weighted by Crippen LogP contribution is -2.13. The largest absolute Gasteiger partial charge is 0.322 e. The van der Waals surface area contributed by atoms with E-state index in [1.807, 2.05) is 66.7 Å². The Hall–Kier alpha value is -2.93. The van der Waals surface area contributed by atoms with Gasteiger partial charge in [0.25, 0.3) is 0 Å². The number of nitrogens with one attached hydrogen (secondary N) is 2. The topological polar surface area (TPSA) is 69.7 Å². The van der Waals surface area contributed by atoms with E-state index >= 15 is 0 Å². The van der Waals surface area contributed by atoms with Gasteiger partial charge in [-0.25, -0.2) is 4.98 Å². The molecular weight excluding hydrogens is 320 g/mol. The minimum Gasteiger partial charge on any atom is -0.322 e. The highest BCUT2D eigenvalue weighted by atomic mass is 32.1. The summed E-state index contributed by atoms with van der Waals surface area (Å²) >= 11 is 1.61. The Bertz CT molecular complexity index is 975. The summed E-state index contributed by atoms with van der Waals surface area (Å²) < 4.78 is 1.01. The number of fused-ring (bicyclic) bond motifs is 1. The molecule has 7 heteroatoms. The molecule has 0 radical (unpaired) electrons. The third-order valence-corrected chi connectivity index (χ3v) is 4.60. The van der Waals surface area contributed by atoms with Crippen LogP contribution < -0.4 is 10.2 Å². The van der Waals surface area contributed by atoms with Crippen LogP contribution in [0.4, 0.5) is 23.3 Å². The molecule has 120 valence electrons. The van der Waals surface area contributed by atoms with Crippen LogP contribution in [0.2, 0.25) is 0 Å². The second-order valence-electron chi connectivity index (χ2n) is 5.46. The second kappa shape index (κ2) is 5.93. The Balaban J connectivity index is 1.77. The maximum absolute atomic E-state index is 4.71. The van der Waals surface area contributed by atoms with Gasteiger partial charge >= 0.3 is 0 Å². The van der Waals surface area contributed by atoms with Gasteiger partial charge in [0, 0.05) is 24.5 Å². The van der Waals surface area contributed by atoms with Crippen LogP contribution in [0.15, 0.2) is 47.8 Å². The Morgan fingerprint density at radius 2 is 1.96 bits per heavy atom. The molecule has 4 aromatic rings. The zero-order chi connectivity index (χ0) is 16.5. The van der Waals surface area contributed by atoms with E-state index in [9.17, 15) is 0 Å². The van der Waals surface area contributed by atoms with Crippen molar-refractivity contribution in [2.45, 2.75) is 6.92 Å². The van der Waals surface area contributed by atoms with Crippen LogP contribution >= 0.6 is 11.3 Å². The molecule has 0 saturated carbocycles. The zero-order valence-corrected chi connectivity index (χ0v) is 14.1. The van der Waals surface area contributed by atoms with Gasteiger partial charge in [-0.1, -0.05) is 18.2 Å². The summed E-state index contributed by atoms with van der Waals surface area (Å²) in [5.41, 5.74) is 2.95. The van der Waals surface area contributed by atoms with Crippen molar-refractivity contribution in [3.05, 3.63) is 53.5 Å².